The van der Waals surface area contributed by atoms with Crippen molar-refractivity contribution in [3.63, 3.8) is 0 Å². The fourth-order valence-corrected chi connectivity index (χ4v) is 0.583. The monoisotopic (exact) mass is 168 g/mol. The van der Waals surface area contributed by atoms with Crippen molar-refractivity contribution in [1.82, 2.24) is 0 Å². The molecule has 68 valence electrons. The lowest BCUT2D eigenvalue weighted by Crippen LogP contribution is -3.02. The Morgan fingerprint density at radius 2 is 1.50 bits per heavy atom. The number of aliphatic hydroxyl groups excluding tert-OH is 1. The van der Waals surface area contributed by atoms with Gasteiger partial charge in [-0.15, -0.1) is 0 Å². The largest absolute Gasteiger partial charge is 0.392 e. The van der Waals surface area contributed by atoms with Crippen LogP contribution in [-0.2, 0) is 6.61 Å². The first kappa shape index (κ1) is 11.1. The Balaban J connectivity index is 0.000000261. The van der Waals surface area contributed by atoms with Gasteiger partial charge >= 0.3 is 0 Å². The number of hydrogen-bond donors (Lipinski definition) is 2. The number of quaternary nitrogens is 1. The molecule has 0 bridgehead atoms. The lowest BCUT2D eigenvalue weighted by molar-refractivity contribution is -0.836. The summed E-state index contributed by atoms with van der Waals surface area (Å²) in [6.45, 7) is 0.140. The van der Waals surface area contributed by atoms with Crippen molar-refractivity contribution in [2.45, 2.75) is 6.61 Å². The number of hydrogen-bond acceptors (Lipinski definition) is 1. The van der Waals surface area contributed by atoms with Crippen molar-refractivity contribution in [2.75, 3.05) is 21.1 Å². The molecule has 0 aliphatic carbocycles. The Labute approximate surface area is 74.5 Å². The highest BCUT2D eigenvalue weighted by molar-refractivity contribution is 5.12. The second-order valence-electron chi connectivity index (χ2n) is 3.14. The molecule has 0 amide bonds. The van der Waals surface area contributed by atoms with E-state index in [0.717, 1.165) is 5.56 Å². The Bertz CT molecular complexity index is 182. The zero-order valence-corrected chi connectivity index (χ0v) is 8.04. The lowest BCUT2D eigenvalue weighted by Gasteiger charge is -1.89. The molecule has 0 saturated heterocycles. The van der Waals surface area contributed by atoms with Crippen LogP contribution in [-0.4, -0.2) is 26.2 Å². The normalized spacial score (nSPS) is 9.08. The molecule has 0 spiro atoms. The summed E-state index contributed by atoms with van der Waals surface area (Å²) in [5.74, 6) is 0. The Morgan fingerprint density at radius 3 is 1.75 bits per heavy atom. The van der Waals surface area contributed by atoms with Crippen molar-refractivity contribution >= 4 is 0 Å². The number of aliphatic hydroxyl groups is 1. The van der Waals surface area contributed by atoms with Gasteiger partial charge in [0.05, 0.1) is 27.7 Å². The average molecular weight is 168 g/mol. The summed E-state index contributed by atoms with van der Waals surface area (Å²) in [6.07, 6.45) is 0. The molecule has 0 heterocycles. The Kier molecular flexibility index (Phi) is 6.34. The van der Waals surface area contributed by atoms with Crippen molar-refractivity contribution in [1.29, 1.82) is 0 Å². The molecule has 2 heteroatoms. The van der Waals surface area contributed by atoms with Gasteiger partial charge in [0.2, 0.25) is 0 Å². The van der Waals surface area contributed by atoms with Gasteiger partial charge in [0.15, 0.2) is 0 Å². The van der Waals surface area contributed by atoms with Gasteiger partial charge in [-0.25, -0.2) is 0 Å². The lowest BCUT2D eigenvalue weighted by atomic mass is 10.2. The van der Waals surface area contributed by atoms with Gasteiger partial charge in [0, 0.05) is 0 Å². The van der Waals surface area contributed by atoms with Gasteiger partial charge in [-0.1, -0.05) is 30.3 Å². The van der Waals surface area contributed by atoms with E-state index >= 15 is 0 Å². The van der Waals surface area contributed by atoms with E-state index in [1.165, 1.54) is 4.90 Å². The summed E-state index contributed by atoms with van der Waals surface area (Å²) in [5, 5.41) is 8.54. The highest BCUT2D eigenvalue weighted by Gasteiger charge is 1.81. The molecule has 1 aromatic carbocycles. The molecule has 1 rings (SSSR count). The standard InChI is InChI=1S/C7H8O.C3H9N/c8-6-7-4-2-1-3-5-7;1-4(2)3/h1-5,8H,6H2;1-3H3/p+1. The van der Waals surface area contributed by atoms with Crippen molar-refractivity contribution in [3.05, 3.63) is 35.9 Å². The molecular formula is C10H18NO+. The molecule has 0 saturated carbocycles. The maximum absolute atomic E-state index is 8.54. The molecule has 2 N–H and O–H groups in total. The third kappa shape index (κ3) is 7.25. The first-order valence-corrected chi connectivity index (χ1v) is 4.08. The highest BCUT2D eigenvalue weighted by atomic mass is 16.3. The van der Waals surface area contributed by atoms with Crippen LogP contribution in [0.4, 0.5) is 0 Å². The smallest absolute Gasteiger partial charge is 0.0681 e. The fourth-order valence-electron chi connectivity index (χ4n) is 0.583. The molecule has 0 aromatic heterocycles. The first-order chi connectivity index (χ1) is 5.66. The quantitative estimate of drug-likeness (QED) is 0.603. The van der Waals surface area contributed by atoms with Crippen LogP contribution >= 0.6 is 0 Å². The van der Waals surface area contributed by atoms with Gasteiger partial charge in [-0.3, -0.25) is 0 Å². The van der Waals surface area contributed by atoms with E-state index in [0.29, 0.717) is 0 Å². The summed E-state index contributed by atoms with van der Waals surface area (Å²) >= 11 is 0. The Hall–Kier alpha value is -0.860. The van der Waals surface area contributed by atoms with Crippen LogP contribution in [0.15, 0.2) is 30.3 Å². The Morgan fingerprint density at radius 1 is 1.08 bits per heavy atom. The molecule has 2 nitrogen and oxygen atoms in total. The molecule has 0 aliphatic heterocycles. The van der Waals surface area contributed by atoms with Gasteiger partial charge in [0.1, 0.15) is 0 Å². The topological polar surface area (TPSA) is 24.7 Å². The van der Waals surface area contributed by atoms with Gasteiger partial charge in [0.25, 0.3) is 0 Å². The second-order valence-corrected chi connectivity index (χ2v) is 3.14. The zero-order chi connectivity index (χ0) is 9.40. The zero-order valence-electron chi connectivity index (χ0n) is 8.04. The van der Waals surface area contributed by atoms with E-state index in [-0.39, 0.29) is 6.61 Å². The maximum Gasteiger partial charge on any atom is 0.0681 e. The van der Waals surface area contributed by atoms with Crippen LogP contribution in [0.3, 0.4) is 0 Å². The van der Waals surface area contributed by atoms with E-state index < -0.39 is 0 Å². The number of benzene rings is 1. The summed E-state index contributed by atoms with van der Waals surface area (Å²) in [7, 11) is 6.25. The van der Waals surface area contributed by atoms with Gasteiger partial charge < -0.3 is 10.0 Å². The summed E-state index contributed by atoms with van der Waals surface area (Å²) in [6, 6.07) is 9.52. The number of rotatable bonds is 1. The van der Waals surface area contributed by atoms with E-state index in [1.54, 1.807) is 0 Å². The third-order valence-corrected chi connectivity index (χ3v) is 1.03. The second kappa shape index (κ2) is 6.83. The van der Waals surface area contributed by atoms with Crippen LogP contribution in [0.5, 0.6) is 0 Å². The minimum atomic E-state index is 0.140. The van der Waals surface area contributed by atoms with Crippen LogP contribution in [0.2, 0.25) is 0 Å². The van der Waals surface area contributed by atoms with Crippen LogP contribution in [0.25, 0.3) is 0 Å². The summed E-state index contributed by atoms with van der Waals surface area (Å²) in [4.78, 5) is 1.42. The van der Waals surface area contributed by atoms with E-state index in [9.17, 15) is 0 Å². The van der Waals surface area contributed by atoms with E-state index in [4.69, 9.17) is 5.11 Å². The van der Waals surface area contributed by atoms with Crippen LogP contribution in [0, 0.1) is 0 Å². The van der Waals surface area contributed by atoms with Gasteiger partial charge in [-0.2, -0.15) is 0 Å². The minimum Gasteiger partial charge on any atom is -0.392 e. The number of nitrogens with one attached hydrogen (secondary N) is 1. The fraction of sp³-hybridized carbons (Fsp3) is 0.400. The van der Waals surface area contributed by atoms with Crippen LogP contribution in [0.1, 0.15) is 5.56 Å². The average Bonchev–Trinajstić information content (AvgIpc) is 2.05. The molecular weight excluding hydrogens is 150 g/mol. The predicted octanol–water partition coefficient (Wildman–Crippen LogP) is -0.0604. The minimum absolute atomic E-state index is 0.140. The van der Waals surface area contributed by atoms with Crippen molar-refractivity contribution < 1.29 is 10.0 Å². The predicted molar refractivity (Wildman–Crippen MR) is 51.1 cm³/mol. The first-order valence-electron chi connectivity index (χ1n) is 4.08. The molecule has 0 aliphatic rings. The third-order valence-electron chi connectivity index (χ3n) is 1.03. The molecule has 0 fully saturated rings. The SMILES string of the molecule is C[NH+](C)C.OCc1ccccc1. The summed E-state index contributed by atoms with van der Waals surface area (Å²) in [5.41, 5.74) is 0.965. The summed E-state index contributed by atoms with van der Waals surface area (Å²) < 4.78 is 0. The molecule has 0 unspecified atom stereocenters. The molecule has 0 atom stereocenters. The molecule has 1 aromatic rings. The molecule has 12 heavy (non-hydrogen) atoms. The van der Waals surface area contributed by atoms with Crippen molar-refractivity contribution in [2.24, 2.45) is 0 Å². The maximum atomic E-state index is 8.54. The van der Waals surface area contributed by atoms with Crippen molar-refractivity contribution in [3.8, 4) is 0 Å². The van der Waals surface area contributed by atoms with Gasteiger partial charge in [-0.05, 0) is 5.56 Å². The highest BCUT2D eigenvalue weighted by Crippen LogP contribution is 1.95. The van der Waals surface area contributed by atoms with Crippen LogP contribution < -0.4 is 4.90 Å². The molecule has 0 radical (unpaired) electrons. The van der Waals surface area contributed by atoms with E-state index in [2.05, 4.69) is 21.1 Å². The van der Waals surface area contributed by atoms with E-state index in [1.807, 2.05) is 30.3 Å².